The molecule has 1 aliphatic heterocycles. The summed E-state index contributed by atoms with van der Waals surface area (Å²) in [5, 5.41) is 8.62. The third-order valence-corrected chi connectivity index (χ3v) is 5.40. The molecular weight excluding hydrogens is 432 g/mol. The second-order valence-corrected chi connectivity index (χ2v) is 7.79. The van der Waals surface area contributed by atoms with Crippen molar-refractivity contribution in [1.82, 2.24) is 10.2 Å². The molecule has 0 atom stereocenters. The molecule has 0 saturated heterocycles. The van der Waals surface area contributed by atoms with E-state index in [1.807, 2.05) is 42.5 Å². The highest BCUT2D eigenvalue weighted by Gasteiger charge is 2.17. The summed E-state index contributed by atoms with van der Waals surface area (Å²) in [7, 11) is 0. The summed E-state index contributed by atoms with van der Waals surface area (Å²) in [6.45, 7) is 0.225. The number of carbonyl (C=O) groups excluding carboxylic acids is 1. The molecule has 0 saturated carbocycles. The zero-order valence-electron chi connectivity index (χ0n) is 14.2. The Bertz CT molecular complexity index is 959. The van der Waals surface area contributed by atoms with Crippen LogP contribution in [0.5, 0.6) is 11.5 Å². The number of halogens is 1. The molecule has 0 amide bonds. The van der Waals surface area contributed by atoms with Crippen LogP contribution in [0.15, 0.2) is 56.6 Å². The van der Waals surface area contributed by atoms with Crippen LogP contribution in [0.25, 0.3) is 11.5 Å². The van der Waals surface area contributed by atoms with Gasteiger partial charge in [-0.25, -0.2) is 0 Å². The molecule has 3 aromatic rings. The van der Waals surface area contributed by atoms with E-state index in [-0.39, 0.29) is 12.6 Å². The molecule has 4 rings (SSSR count). The highest BCUT2D eigenvalue weighted by atomic mass is 79.9. The van der Waals surface area contributed by atoms with E-state index in [0.29, 0.717) is 29.0 Å². The van der Waals surface area contributed by atoms with Crippen LogP contribution in [-0.4, -0.2) is 28.5 Å². The molecule has 0 unspecified atom stereocenters. The van der Waals surface area contributed by atoms with Gasteiger partial charge in [0.05, 0.1) is 0 Å². The lowest BCUT2D eigenvalue weighted by molar-refractivity contribution is 0.0982. The summed E-state index contributed by atoms with van der Waals surface area (Å²) >= 11 is 4.81. The van der Waals surface area contributed by atoms with Crippen LogP contribution in [-0.2, 0) is 0 Å². The fourth-order valence-electron chi connectivity index (χ4n) is 2.59. The average molecular weight is 447 g/mol. The fourth-order valence-corrected chi connectivity index (χ4v) is 3.55. The van der Waals surface area contributed by atoms with Crippen LogP contribution in [0.4, 0.5) is 0 Å². The molecular formula is C19H15BrN2O4S. The number of Topliss-reactive ketones (excluding diaryl/α,β-unsaturated/α-hetero) is 1. The van der Waals surface area contributed by atoms with Crippen molar-refractivity contribution in [2.75, 3.05) is 12.5 Å². The lowest BCUT2D eigenvalue weighted by Crippen LogP contribution is -1.99. The van der Waals surface area contributed by atoms with E-state index >= 15 is 0 Å². The van der Waals surface area contributed by atoms with Crippen molar-refractivity contribution in [3.8, 4) is 23.0 Å². The van der Waals surface area contributed by atoms with Crippen molar-refractivity contribution in [1.29, 1.82) is 0 Å². The quantitative estimate of drug-likeness (QED) is 0.287. The maximum Gasteiger partial charge on any atom is 0.276 e. The molecule has 0 radical (unpaired) electrons. The molecule has 6 nitrogen and oxygen atoms in total. The number of aromatic nitrogens is 2. The summed E-state index contributed by atoms with van der Waals surface area (Å²) in [6.07, 6.45) is 1.22. The molecule has 0 bridgehead atoms. The summed E-state index contributed by atoms with van der Waals surface area (Å²) in [6, 6.07) is 12.9. The average Bonchev–Trinajstić information content (AvgIpc) is 3.34. The first kappa shape index (κ1) is 18.1. The van der Waals surface area contributed by atoms with Crippen LogP contribution in [0.3, 0.4) is 0 Å². The monoisotopic (exact) mass is 446 g/mol. The lowest BCUT2D eigenvalue weighted by Gasteiger charge is -2.01. The number of ether oxygens (including phenoxy) is 2. The SMILES string of the molecule is O=C(CCCSc1nnc(-c2ccc3c(c2)OCO3)o1)c1ccc(Br)cc1. The first-order valence-corrected chi connectivity index (χ1v) is 10.1. The van der Waals surface area contributed by atoms with Gasteiger partial charge in [0.2, 0.25) is 12.7 Å². The molecule has 2 heterocycles. The second-order valence-electron chi connectivity index (χ2n) is 5.82. The number of fused-ring (bicyclic) bond motifs is 1. The molecule has 2 aromatic carbocycles. The van der Waals surface area contributed by atoms with Crippen molar-refractivity contribution in [3.63, 3.8) is 0 Å². The number of carbonyl (C=O) groups is 1. The van der Waals surface area contributed by atoms with Crippen LogP contribution in [0.2, 0.25) is 0 Å². The summed E-state index contributed by atoms with van der Waals surface area (Å²) in [5.41, 5.74) is 1.51. The van der Waals surface area contributed by atoms with Gasteiger partial charge >= 0.3 is 0 Å². The second kappa shape index (κ2) is 8.14. The predicted octanol–water partition coefficient (Wildman–Crippen LogP) is 4.98. The Morgan fingerprint density at radius 1 is 1.07 bits per heavy atom. The van der Waals surface area contributed by atoms with E-state index in [0.717, 1.165) is 27.8 Å². The number of benzene rings is 2. The van der Waals surface area contributed by atoms with Crippen molar-refractivity contribution in [2.24, 2.45) is 0 Å². The maximum atomic E-state index is 12.2. The largest absolute Gasteiger partial charge is 0.454 e. The van der Waals surface area contributed by atoms with Gasteiger partial charge < -0.3 is 13.9 Å². The van der Waals surface area contributed by atoms with E-state index in [9.17, 15) is 4.79 Å². The number of thioether (sulfide) groups is 1. The minimum atomic E-state index is 0.134. The van der Waals surface area contributed by atoms with Crippen molar-refractivity contribution >= 4 is 33.5 Å². The Kier molecular flexibility index (Phi) is 5.45. The van der Waals surface area contributed by atoms with E-state index in [1.165, 1.54) is 11.8 Å². The number of ketones is 1. The lowest BCUT2D eigenvalue weighted by atomic mass is 10.1. The van der Waals surface area contributed by atoms with Crippen LogP contribution < -0.4 is 9.47 Å². The highest BCUT2D eigenvalue weighted by molar-refractivity contribution is 9.10. The Balaban J connectivity index is 1.28. The van der Waals surface area contributed by atoms with E-state index in [4.69, 9.17) is 13.9 Å². The molecule has 27 heavy (non-hydrogen) atoms. The normalized spacial score (nSPS) is 12.3. The van der Waals surface area contributed by atoms with Crippen molar-refractivity contribution in [2.45, 2.75) is 18.1 Å². The van der Waals surface area contributed by atoms with E-state index < -0.39 is 0 Å². The van der Waals surface area contributed by atoms with Gasteiger partial charge in [0.1, 0.15) is 0 Å². The van der Waals surface area contributed by atoms with Gasteiger partial charge in [0.25, 0.3) is 5.22 Å². The van der Waals surface area contributed by atoms with E-state index in [1.54, 1.807) is 0 Å². The third-order valence-electron chi connectivity index (χ3n) is 3.97. The number of rotatable bonds is 7. The molecule has 1 aliphatic rings. The molecule has 8 heteroatoms. The number of hydrogen-bond donors (Lipinski definition) is 0. The van der Waals surface area contributed by atoms with Gasteiger partial charge in [0.15, 0.2) is 17.3 Å². The molecule has 0 N–H and O–H groups in total. The standard InChI is InChI=1S/C19H15BrN2O4S/c20-14-6-3-12(4-7-14)15(23)2-1-9-27-19-22-21-18(26-19)13-5-8-16-17(10-13)25-11-24-16/h3-8,10H,1-2,9,11H2. The Hall–Kier alpha value is -2.32. The number of nitrogens with zero attached hydrogens (tertiary/aromatic N) is 2. The Morgan fingerprint density at radius 2 is 1.89 bits per heavy atom. The Morgan fingerprint density at radius 3 is 2.74 bits per heavy atom. The van der Waals surface area contributed by atoms with Gasteiger partial charge in [-0.15, -0.1) is 10.2 Å². The molecule has 1 aromatic heterocycles. The first-order chi connectivity index (χ1) is 13.2. The first-order valence-electron chi connectivity index (χ1n) is 8.34. The van der Waals surface area contributed by atoms with Gasteiger partial charge in [-0.05, 0) is 36.8 Å². The number of hydrogen-bond acceptors (Lipinski definition) is 7. The molecule has 0 spiro atoms. The maximum absolute atomic E-state index is 12.2. The minimum absolute atomic E-state index is 0.134. The molecule has 0 aliphatic carbocycles. The van der Waals surface area contributed by atoms with Gasteiger partial charge in [-0.1, -0.05) is 39.8 Å². The van der Waals surface area contributed by atoms with Crippen LogP contribution in [0, 0.1) is 0 Å². The molecule has 0 fully saturated rings. The van der Waals surface area contributed by atoms with Crippen molar-refractivity contribution in [3.05, 3.63) is 52.5 Å². The van der Waals surface area contributed by atoms with Crippen LogP contribution in [0.1, 0.15) is 23.2 Å². The van der Waals surface area contributed by atoms with Crippen LogP contribution >= 0.6 is 27.7 Å². The predicted molar refractivity (Wildman–Crippen MR) is 104 cm³/mol. The van der Waals surface area contributed by atoms with Gasteiger partial charge in [-0.3, -0.25) is 4.79 Å². The smallest absolute Gasteiger partial charge is 0.276 e. The van der Waals surface area contributed by atoms with Crippen molar-refractivity contribution < 1.29 is 18.7 Å². The third kappa shape index (κ3) is 4.33. The Labute approximate surface area is 168 Å². The highest BCUT2D eigenvalue weighted by Crippen LogP contribution is 2.36. The fraction of sp³-hybridized carbons (Fsp3) is 0.211. The van der Waals surface area contributed by atoms with Gasteiger partial charge in [0, 0.05) is 27.8 Å². The minimum Gasteiger partial charge on any atom is -0.454 e. The summed E-state index contributed by atoms with van der Waals surface area (Å²) in [5.74, 6) is 2.68. The zero-order chi connectivity index (χ0) is 18.6. The summed E-state index contributed by atoms with van der Waals surface area (Å²) < 4.78 is 17.3. The summed E-state index contributed by atoms with van der Waals surface area (Å²) in [4.78, 5) is 12.2. The topological polar surface area (TPSA) is 74.5 Å². The van der Waals surface area contributed by atoms with Gasteiger partial charge in [-0.2, -0.15) is 0 Å². The molecule has 138 valence electrons. The van der Waals surface area contributed by atoms with E-state index in [2.05, 4.69) is 26.1 Å². The zero-order valence-corrected chi connectivity index (χ0v) is 16.6.